The van der Waals surface area contributed by atoms with E-state index in [1.165, 1.54) is 11.4 Å². The summed E-state index contributed by atoms with van der Waals surface area (Å²) in [5.74, 6) is -0.290. The van der Waals surface area contributed by atoms with Gasteiger partial charge < -0.3 is 14.5 Å². The fourth-order valence-electron chi connectivity index (χ4n) is 3.08. The van der Waals surface area contributed by atoms with Crippen LogP contribution in [0.1, 0.15) is 6.92 Å². The van der Waals surface area contributed by atoms with Crippen LogP contribution in [0.5, 0.6) is 0 Å². The Hall–Kier alpha value is -2.49. The van der Waals surface area contributed by atoms with E-state index in [4.69, 9.17) is 4.74 Å². The van der Waals surface area contributed by atoms with E-state index < -0.39 is 16.3 Å². The smallest absolute Gasteiger partial charge is 0.409 e. The lowest BCUT2D eigenvalue weighted by Crippen LogP contribution is -2.53. The zero-order valence-corrected chi connectivity index (χ0v) is 15.6. The number of carbonyl (C=O) groups excluding carboxylic acids is 2. The predicted molar refractivity (Wildman–Crippen MR) is 96.3 cm³/mol. The second-order valence-electron chi connectivity index (χ2n) is 6.04. The van der Waals surface area contributed by atoms with Gasteiger partial charge >= 0.3 is 16.3 Å². The molecule has 0 aromatic heterocycles. The maximum Gasteiger partial charge on any atom is 0.409 e. The number of fused-ring (bicyclic) bond motifs is 1. The molecule has 26 heavy (non-hydrogen) atoms. The van der Waals surface area contributed by atoms with Crippen molar-refractivity contribution >= 4 is 33.6 Å². The van der Waals surface area contributed by atoms with E-state index in [9.17, 15) is 18.0 Å². The van der Waals surface area contributed by atoms with Crippen molar-refractivity contribution < 1.29 is 22.7 Å². The molecule has 0 radical (unpaired) electrons. The largest absolute Gasteiger partial charge is 0.450 e. The molecule has 2 heterocycles. The van der Waals surface area contributed by atoms with Crippen LogP contribution >= 0.6 is 0 Å². The van der Waals surface area contributed by atoms with Gasteiger partial charge in [-0.2, -0.15) is 8.42 Å². The maximum atomic E-state index is 12.6. The topological polar surface area (TPSA) is 90.5 Å². The first-order chi connectivity index (χ1) is 12.4. The quantitative estimate of drug-likeness (QED) is 0.759. The molecule has 2 aliphatic heterocycles. The Morgan fingerprint density at radius 1 is 1.04 bits per heavy atom. The van der Waals surface area contributed by atoms with E-state index in [1.807, 2.05) is 0 Å². The average Bonchev–Trinajstić information content (AvgIpc) is 2.83. The van der Waals surface area contributed by atoms with Crippen LogP contribution in [0.25, 0.3) is 0 Å². The van der Waals surface area contributed by atoms with E-state index in [-0.39, 0.29) is 12.5 Å². The molecule has 0 atom stereocenters. The average molecular weight is 382 g/mol. The molecule has 0 spiro atoms. The molecule has 1 fully saturated rings. The highest BCUT2D eigenvalue weighted by Crippen LogP contribution is 2.39. The Morgan fingerprint density at radius 3 is 2.23 bits per heavy atom. The van der Waals surface area contributed by atoms with Crippen molar-refractivity contribution in [1.82, 2.24) is 9.80 Å². The summed E-state index contributed by atoms with van der Waals surface area (Å²) >= 11 is 0. The van der Waals surface area contributed by atoms with Gasteiger partial charge in [0.15, 0.2) is 0 Å². The number of anilines is 2. The summed E-state index contributed by atoms with van der Waals surface area (Å²) in [4.78, 5) is 27.5. The van der Waals surface area contributed by atoms with Gasteiger partial charge in [0.05, 0.1) is 18.0 Å². The van der Waals surface area contributed by atoms with Crippen LogP contribution in [-0.2, 0) is 19.7 Å². The number of rotatable bonds is 3. The second-order valence-corrected chi connectivity index (χ2v) is 7.92. The molecule has 2 amide bonds. The van der Waals surface area contributed by atoms with Crippen molar-refractivity contribution in [3.05, 3.63) is 24.3 Å². The number of nitrogens with zero attached hydrogens (tertiary/aromatic N) is 4. The lowest BCUT2D eigenvalue weighted by Gasteiger charge is -2.34. The lowest BCUT2D eigenvalue weighted by molar-refractivity contribution is -0.131. The van der Waals surface area contributed by atoms with Gasteiger partial charge in [-0.3, -0.25) is 9.10 Å². The normalized spacial score (nSPS) is 18.7. The molecular weight excluding hydrogens is 360 g/mol. The molecule has 1 aromatic carbocycles. The van der Waals surface area contributed by atoms with E-state index in [2.05, 4.69) is 0 Å². The number of carbonyl (C=O) groups is 2. The highest BCUT2D eigenvalue weighted by molar-refractivity contribution is 7.94. The van der Waals surface area contributed by atoms with Gasteiger partial charge in [-0.25, -0.2) is 9.10 Å². The Labute approximate surface area is 152 Å². The van der Waals surface area contributed by atoms with Crippen LogP contribution in [0.15, 0.2) is 24.3 Å². The van der Waals surface area contributed by atoms with Crippen molar-refractivity contribution in [3.8, 4) is 0 Å². The molecule has 0 saturated carbocycles. The fraction of sp³-hybridized carbons (Fsp3) is 0.500. The Morgan fingerprint density at radius 2 is 1.62 bits per heavy atom. The minimum atomic E-state index is -3.76. The zero-order valence-electron chi connectivity index (χ0n) is 14.8. The van der Waals surface area contributed by atoms with E-state index in [0.29, 0.717) is 44.2 Å². The fourth-order valence-corrected chi connectivity index (χ4v) is 4.46. The Bertz CT molecular complexity index is 805. The monoisotopic (exact) mass is 382 g/mol. The highest BCUT2D eigenvalue weighted by Gasteiger charge is 2.39. The maximum absolute atomic E-state index is 12.6. The molecule has 1 aromatic rings. The molecule has 9 nitrogen and oxygen atoms in total. The van der Waals surface area contributed by atoms with Gasteiger partial charge in [0.25, 0.3) is 0 Å². The van der Waals surface area contributed by atoms with E-state index >= 15 is 0 Å². The minimum Gasteiger partial charge on any atom is -0.450 e. The van der Waals surface area contributed by atoms with Crippen LogP contribution in [0.3, 0.4) is 0 Å². The lowest BCUT2D eigenvalue weighted by atomic mass is 10.2. The summed E-state index contributed by atoms with van der Waals surface area (Å²) < 4.78 is 32.4. The summed E-state index contributed by atoms with van der Waals surface area (Å²) in [6.45, 7) is 3.22. The van der Waals surface area contributed by atoms with Crippen molar-refractivity contribution in [1.29, 1.82) is 0 Å². The molecule has 0 aliphatic carbocycles. The predicted octanol–water partition coefficient (Wildman–Crippen LogP) is 0.488. The summed E-state index contributed by atoms with van der Waals surface area (Å²) in [7, 11) is -2.29. The number of para-hydroxylation sites is 2. The number of ether oxygens (including phenoxy) is 1. The first-order valence-electron chi connectivity index (χ1n) is 8.41. The highest BCUT2D eigenvalue weighted by atomic mass is 32.2. The van der Waals surface area contributed by atoms with Crippen molar-refractivity contribution in [2.75, 3.05) is 55.0 Å². The standard InChI is InChI=1S/C16H22N4O5S/c1-3-25-16(22)19-10-8-18(9-11-19)15(21)12-20-14-7-5-4-6-13(14)17(2)26(20,23)24/h4-7H,3,8-12H2,1-2H3. The molecule has 1 saturated heterocycles. The second kappa shape index (κ2) is 7.02. The Balaban J connectivity index is 1.67. The van der Waals surface area contributed by atoms with Crippen molar-refractivity contribution in [2.24, 2.45) is 0 Å². The molecule has 0 unspecified atom stereocenters. The molecule has 3 rings (SSSR count). The van der Waals surface area contributed by atoms with Gasteiger partial charge in [0.1, 0.15) is 6.54 Å². The number of piperazine rings is 1. The van der Waals surface area contributed by atoms with Crippen LogP contribution in [0.4, 0.5) is 16.2 Å². The van der Waals surface area contributed by atoms with Gasteiger partial charge in [0, 0.05) is 33.2 Å². The molecule has 10 heteroatoms. The molecule has 142 valence electrons. The summed E-state index contributed by atoms with van der Waals surface area (Å²) in [5.41, 5.74) is 1.04. The van der Waals surface area contributed by atoms with E-state index in [1.54, 1.807) is 41.0 Å². The molecular formula is C16H22N4O5S. The summed E-state index contributed by atoms with van der Waals surface area (Å²) in [6.07, 6.45) is -0.391. The third kappa shape index (κ3) is 3.16. The summed E-state index contributed by atoms with van der Waals surface area (Å²) in [6, 6.07) is 6.88. The van der Waals surface area contributed by atoms with Crippen molar-refractivity contribution in [3.63, 3.8) is 0 Å². The van der Waals surface area contributed by atoms with Crippen LogP contribution in [0.2, 0.25) is 0 Å². The molecule has 0 N–H and O–H groups in total. The van der Waals surface area contributed by atoms with Gasteiger partial charge in [-0.05, 0) is 19.1 Å². The van der Waals surface area contributed by atoms with Crippen molar-refractivity contribution in [2.45, 2.75) is 6.92 Å². The number of amides is 2. The van der Waals surface area contributed by atoms with Crippen LogP contribution < -0.4 is 8.61 Å². The minimum absolute atomic E-state index is 0.261. The molecule has 0 bridgehead atoms. The van der Waals surface area contributed by atoms with Gasteiger partial charge in [0.2, 0.25) is 5.91 Å². The summed E-state index contributed by atoms with van der Waals surface area (Å²) in [5, 5.41) is 0. The van der Waals surface area contributed by atoms with E-state index in [0.717, 1.165) is 4.31 Å². The van der Waals surface area contributed by atoms with Gasteiger partial charge in [-0.15, -0.1) is 0 Å². The Kier molecular flexibility index (Phi) is 4.94. The molecule has 2 aliphatic rings. The van der Waals surface area contributed by atoms with Gasteiger partial charge in [-0.1, -0.05) is 12.1 Å². The van der Waals surface area contributed by atoms with Crippen LogP contribution in [0, 0.1) is 0 Å². The number of hydrogen-bond donors (Lipinski definition) is 0. The first kappa shape index (κ1) is 18.3. The van der Waals surface area contributed by atoms with Crippen LogP contribution in [-0.4, -0.2) is 76.6 Å². The first-order valence-corrected chi connectivity index (χ1v) is 9.81. The zero-order chi connectivity index (χ0) is 18.9. The number of hydrogen-bond acceptors (Lipinski definition) is 5. The third-order valence-corrected chi connectivity index (χ3v) is 6.32. The third-order valence-electron chi connectivity index (χ3n) is 4.55. The SMILES string of the molecule is CCOC(=O)N1CCN(C(=O)CN2c3ccccc3N(C)S2(=O)=O)CC1. The number of benzene rings is 1.